The highest BCUT2D eigenvalue weighted by Gasteiger charge is 2.24. The summed E-state index contributed by atoms with van der Waals surface area (Å²) in [5, 5.41) is 13.0. The van der Waals surface area contributed by atoms with E-state index in [0.717, 1.165) is 12.2 Å². The van der Waals surface area contributed by atoms with E-state index in [1.807, 2.05) is 6.07 Å². The summed E-state index contributed by atoms with van der Waals surface area (Å²) in [6.07, 6.45) is 0.935. The largest absolute Gasteiger partial charge is 0.508 e. The highest BCUT2D eigenvalue weighted by molar-refractivity contribution is 5.49. The Balaban J connectivity index is 2.53. The SMILES string of the molecule is COc1cc(O)cc2c1[C@H](C)N[C@@H](C)C2. The summed E-state index contributed by atoms with van der Waals surface area (Å²) in [5.41, 5.74) is 2.36. The van der Waals surface area contributed by atoms with Gasteiger partial charge in [0.1, 0.15) is 11.5 Å². The van der Waals surface area contributed by atoms with E-state index in [-0.39, 0.29) is 11.8 Å². The minimum absolute atomic E-state index is 0.277. The Bertz CT molecular complexity index is 376. The summed E-state index contributed by atoms with van der Waals surface area (Å²) in [6, 6.07) is 4.23. The Morgan fingerprint density at radius 1 is 1.40 bits per heavy atom. The monoisotopic (exact) mass is 207 g/mol. The molecule has 0 aliphatic carbocycles. The van der Waals surface area contributed by atoms with Gasteiger partial charge < -0.3 is 15.2 Å². The molecule has 1 aromatic rings. The van der Waals surface area contributed by atoms with Crippen LogP contribution in [0.4, 0.5) is 0 Å². The Labute approximate surface area is 90.1 Å². The maximum absolute atomic E-state index is 9.57. The van der Waals surface area contributed by atoms with Crippen molar-refractivity contribution >= 4 is 0 Å². The number of nitrogens with one attached hydrogen (secondary N) is 1. The molecule has 0 fully saturated rings. The molecule has 0 radical (unpaired) electrons. The van der Waals surface area contributed by atoms with Crippen LogP contribution in [-0.2, 0) is 6.42 Å². The van der Waals surface area contributed by atoms with E-state index < -0.39 is 0 Å². The van der Waals surface area contributed by atoms with Crippen LogP contribution in [0.2, 0.25) is 0 Å². The van der Waals surface area contributed by atoms with Crippen molar-refractivity contribution in [3.63, 3.8) is 0 Å². The minimum Gasteiger partial charge on any atom is -0.508 e. The summed E-state index contributed by atoms with van der Waals surface area (Å²) in [7, 11) is 1.64. The molecule has 0 saturated carbocycles. The van der Waals surface area contributed by atoms with E-state index >= 15 is 0 Å². The van der Waals surface area contributed by atoms with Crippen LogP contribution in [0.3, 0.4) is 0 Å². The molecule has 3 heteroatoms. The van der Waals surface area contributed by atoms with Gasteiger partial charge in [-0.1, -0.05) is 0 Å². The zero-order valence-corrected chi connectivity index (χ0v) is 9.37. The molecule has 2 rings (SSSR count). The fourth-order valence-corrected chi connectivity index (χ4v) is 2.40. The van der Waals surface area contributed by atoms with E-state index in [9.17, 15) is 5.11 Å². The number of phenols is 1. The molecule has 3 nitrogen and oxygen atoms in total. The van der Waals surface area contributed by atoms with Crippen molar-refractivity contribution in [1.82, 2.24) is 5.32 Å². The molecule has 1 aliphatic heterocycles. The van der Waals surface area contributed by atoms with Crippen LogP contribution in [0.25, 0.3) is 0 Å². The number of rotatable bonds is 1. The van der Waals surface area contributed by atoms with Crippen molar-refractivity contribution in [2.24, 2.45) is 0 Å². The first-order chi connectivity index (χ1) is 7.11. The van der Waals surface area contributed by atoms with Crippen LogP contribution in [0.1, 0.15) is 31.0 Å². The molecular formula is C12H17NO2. The van der Waals surface area contributed by atoms with Crippen molar-refractivity contribution in [3.8, 4) is 11.5 Å². The Hall–Kier alpha value is -1.22. The van der Waals surface area contributed by atoms with E-state index in [2.05, 4.69) is 19.2 Å². The zero-order chi connectivity index (χ0) is 11.0. The fourth-order valence-electron chi connectivity index (χ4n) is 2.40. The van der Waals surface area contributed by atoms with Crippen molar-refractivity contribution in [1.29, 1.82) is 0 Å². The molecule has 0 bridgehead atoms. The third kappa shape index (κ3) is 1.79. The number of aromatic hydroxyl groups is 1. The molecule has 15 heavy (non-hydrogen) atoms. The van der Waals surface area contributed by atoms with Crippen LogP contribution in [-0.4, -0.2) is 18.3 Å². The van der Waals surface area contributed by atoms with E-state index in [4.69, 9.17) is 4.74 Å². The predicted molar refractivity (Wildman–Crippen MR) is 59.4 cm³/mol. The molecule has 1 aromatic carbocycles. The average molecular weight is 207 g/mol. The fraction of sp³-hybridized carbons (Fsp3) is 0.500. The second-order valence-electron chi connectivity index (χ2n) is 4.21. The lowest BCUT2D eigenvalue weighted by atomic mass is 9.90. The number of phenolic OH excluding ortho intramolecular Hbond substituents is 1. The first-order valence-electron chi connectivity index (χ1n) is 5.27. The average Bonchev–Trinajstić information content (AvgIpc) is 2.14. The number of benzene rings is 1. The molecule has 1 aliphatic rings. The second kappa shape index (κ2) is 3.74. The van der Waals surface area contributed by atoms with Gasteiger partial charge in [-0.2, -0.15) is 0 Å². The lowest BCUT2D eigenvalue weighted by Crippen LogP contribution is -2.36. The quantitative estimate of drug-likeness (QED) is 0.740. The number of fused-ring (bicyclic) bond motifs is 1. The van der Waals surface area contributed by atoms with Gasteiger partial charge in [0.05, 0.1) is 7.11 Å². The maximum Gasteiger partial charge on any atom is 0.127 e. The van der Waals surface area contributed by atoms with Gasteiger partial charge in [-0.3, -0.25) is 0 Å². The highest BCUT2D eigenvalue weighted by atomic mass is 16.5. The summed E-state index contributed by atoms with van der Waals surface area (Å²) >= 11 is 0. The van der Waals surface area contributed by atoms with Gasteiger partial charge in [-0.05, 0) is 31.9 Å². The number of hydrogen-bond donors (Lipinski definition) is 2. The molecule has 82 valence electrons. The first-order valence-corrected chi connectivity index (χ1v) is 5.27. The van der Waals surface area contributed by atoms with Gasteiger partial charge in [-0.15, -0.1) is 0 Å². The van der Waals surface area contributed by atoms with Crippen LogP contribution >= 0.6 is 0 Å². The summed E-state index contributed by atoms with van der Waals surface area (Å²) in [6.45, 7) is 4.27. The molecule has 2 N–H and O–H groups in total. The normalized spacial score (nSPS) is 24.7. The summed E-state index contributed by atoms with van der Waals surface area (Å²) < 4.78 is 5.30. The molecule has 0 aromatic heterocycles. The van der Waals surface area contributed by atoms with E-state index in [1.54, 1.807) is 13.2 Å². The van der Waals surface area contributed by atoms with Gasteiger partial charge in [0.15, 0.2) is 0 Å². The van der Waals surface area contributed by atoms with Gasteiger partial charge in [0.25, 0.3) is 0 Å². The third-order valence-corrected chi connectivity index (χ3v) is 2.93. The highest BCUT2D eigenvalue weighted by Crippen LogP contribution is 2.36. The molecule has 0 saturated heterocycles. The number of hydrogen-bond acceptors (Lipinski definition) is 3. The lowest BCUT2D eigenvalue weighted by Gasteiger charge is -2.30. The Kier molecular flexibility index (Phi) is 2.57. The van der Waals surface area contributed by atoms with Gasteiger partial charge in [-0.25, -0.2) is 0 Å². The van der Waals surface area contributed by atoms with Gasteiger partial charge in [0, 0.05) is 23.7 Å². The molecule has 2 atom stereocenters. The molecule has 0 unspecified atom stereocenters. The molecule has 0 spiro atoms. The van der Waals surface area contributed by atoms with Crippen LogP contribution < -0.4 is 10.1 Å². The lowest BCUT2D eigenvalue weighted by molar-refractivity contribution is 0.376. The van der Waals surface area contributed by atoms with Crippen molar-refractivity contribution in [2.75, 3.05) is 7.11 Å². The second-order valence-corrected chi connectivity index (χ2v) is 4.21. The Morgan fingerprint density at radius 2 is 2.13 bits per heavy atom. The minimum atomic E-state index is 0.277. The van der Waals surface area contributed by atoms with Crippen LogP contribution in [0, 0.1) is 0 Å². The zero-order valence-electron chi connectivity index (χ0n) is 9.37. The van der Waals surface area contributed by atoms with E-state index in [1.165, 1.54) is 11.1 Å². The van der Waals surface area contributed by atoms with Gasteiger partial charge in [0.2, 0.25) is 0 Å². The van der Waals surface area contributed by atoms with Crippen molar-refractivity contribution < 1.29 is 9.84 Å². The Morgan fingerprint density at radius 3 is 2.80 bits per heavy atom. The van der Waals surface area contributed by atoms with Gasteiger partial charge >= 0.3 is 0 Å². The predicted octanol–water partition coefficient (Wildman–Crippen LogP) is 2.00. The summed E-state index contributed by atoms with van der Waals surface area (Å²) in [5.74, 6) is 1.06. The maximum atomic E-state index is 9.57. The van der Waals surface area contributed by atoms with E-state index in [0.29, 0.717) is 6.04 Å². The molecule has 1 heterocycles. The standard InChI is InChI=1S/C12H17NO2/c1-7-4-9-5-10(14)6-11(15-3)12(9)8(2)13-7/h5-8,13-14H,4H2,1-3H3/t7-,8-/m0/s1. The van der Waals surface area contributed by atoms with Crippen molar-refractivity contribution in [2.45, 2.75) is 32.4 Å². The summed E-state index contributed by atoms with van der Waals surface area (Å²) in [4.78, 5) is 0. The molecule has 0 amide bonds. The first kappa shape index (κ1) is 10.3. The van der Waals surface area contributed by atoms with Crippen molar-refractivity contribution in [3.05, 3.63) is 23.3 Å². The van der Waals surface area contributed by atoms with Crippen LogP contribution in [0.15, 0.2) is 12.1 Å². The number of ether oxygens (including phenoxy) is 1. The topological polar surface area (TPSA) is 41.5 Å². The smallest absolute Gasteiger partial charge is 0.127 e. The third-order valence-electron chi connectivity index (χ3n) is 2.93. The molecular weight excluding hydrogens is 190 g/mol. The van der Waals surface area contributed by atoms with Crippen LogP contribution in [0.5, 0.6) is 11.5 Å². The number of methoxy groups -OCH3 is 1.